The molecule has 1 amide bonds. The van der Waals surface area contributed by atoms with E-state index in [-0.39, 0.29) is 36.8 Å². The van der Waals surface area contributed by atoms with Crippen LogP contribution in [0.5, 0.6) is 0 Å². The quantitative estimate of drug-likeness (QED) is 0.662. The zero-order valence-corrected chi connectivity index (χ0v) is 18.9. The van der Waals surface area contributed by atoms with Gasteiger partial charge in [-0.2, -0.15) is 4.98 Å². The van der Waals surface area contributed by atoms with E-state index in [9.17, 15) is 4.79 Å². The van der Waals surface area contributed by atoms with E-state index in [1.54, 1.807) is 0 Å². The van der Waals surface area contributed by atoms with Crippen molar-refractivity contribution in [1.29, 1.82) is 0 Å². The molecule has 0 spiro atoms. The minimum Gasteiger partial charge on any atom is -0.340 e. The van der Waals surface area contributed by atoms with E-state index < -0.39 is 0 Å². The predicted octanol–water partition coefficient (Wildman–Crippen LogP) is 3.09. The van der Waals surface area contributed by atoms with Crippen LogP contribution in [0, 0.1) is 6.92 Å². The van der Waals surface area contributed by atoms with Gasteiger partial charge in [-0.15, -0.1) is 24.8 Å². The van der Waals surface area contributed by atoms with Crippen LogP contribution >= 0.6 is 24.8 Å². The molecule has 3 rings (SSSR count). The maximum atomic E-state index is 12.2. The van der Waals surface area contributed by atoms with E-state index in [4.69, 9.17) is 4.52 Å². The average Bonchev–Trinajstić information content (AvgIpc) is 3.18. The molecule has 0 aliphatic carbocycles. The molecule has 1 aliphatic rings. The minimum absolute atomic E-state index is 0. The number of hydrogen-bond donors (Lipinski definition) is 1. The van der Waals surface area contributed by atoms with Crippen molar-refractivity contribution in [3.8, 4) is 11.4 Å². The number of nitrogens with zero attached hydrogens (tertiary/aromatic N) is 4. The van der Waals surface area contributed by atoms with Gasteiger partial charge in [0.2, 0.25) is 17.6 Å². The Kier molecular flexibility index (Phi) is 10.6. The van der Waals surface area contributed by atoms with Gasteiger partial charge in [0.15, 0.2) is 0 Å². The molecule has 1 aliphatic heterocycles. The lowest BCUT2D eigenvalue weighted by Gasteiger charge is -2.36. The molecule has 1 aromatic carbocycles. The summed E-state index contributed by atoms with van der Waals surface area (Å²) in [5.41, 5.74) is 2.16. The van der Waals surface area contributed by atoms with Crippen LogP contribution in [0.1, 0.15) is 37.3 Å². The molecule has 0 radical (unpaired) electrons. The minimum atomic E-state index is 0. The second-order valence-corrected chi connectivity index (χ2v) is 7.12. The lowest BCUT2D eigenvalue weighted by Crippen LogP contribution is -2.49. The third-order valence-corrected chi connectivity index (χ3v) is 5.14. The summed E-state index contributed by atoms with van der Waals surface area (Å²) >= 11 is 0. The van der Waals surface area contributed by atoms with Crippen molar-refractivity contribution in [3.63, 3.8) is 0 Å². The smallest absolute Gasteiger partial charge is 0.244 e. The topological polar surface area (TPSA) is 74.5 Å². The van der Waals surface area contributed by atoms with Gasteiger partial charge in [0.25, 0.3) is 0 Å². The van der Waals surface area contributed by atoms with Crippen LogP contribution in [0.3, 0.4) is 0 Å². The van der Waals surface area contributed by atoms with Crippen LogP contribution in [0.25, 0.3) is 11.4 Å². The van der Waals surface area contributed by atoms with Gasteiger partial charge in [-0.25, -0.2) is 0 Å². The molecular weight excluding hydrogens is 413 g/mol. The fourth-order valence-corrected chi connectivity index (χ4v) is 3.31. The van der Waals surface area contributed by atoms with E-state index >= 15 is 0 Å². The fraction of sp³-hybridized carbons (Fsp3) is 0.550. The molecule has 7 nitrogen and oxygen atoms in total. The SMILES string of the molecule is CNCCCC(=O)N1CCN(C(C)c2nc(-c3ccc(C)cc3)no2)CC1.Cl.Cl. The van der Waals surface area contributed by atoms with Gasteiger partial charge in [0, 0.05) is 38.2 Å². The Morgan fingerprint density at radius 1 is 1.17 bits per heavy atom. The molecule has 1 fully saturated rings. The summed E-state index contributed by atoms with van der Waals surface area (Å²) < 4.78 is 5.51. The summed E-state index contributed by atoms with van der Waals surface area (Å²) in [6.45, 7) is 8.16. The van der Waals surface area contributed by atoms with Crippen LogP contribution in [0.15, 0.2) is 28.8 Å². The highest BCUT2D eigenvalue weighted by molar-refractivity contribution is 5.85. The van der Waals surface area contributed by atoms with E-state index in [1.165, 1.54) is 5.56 Å². The molecule has 0 saturated carbocycles. The number of rotatable bonds is 7. The number of aromatic nitrogens is 2. The van der Waals surface area contributed by atoms with Crippen molar-refractivity contribution < 1.29 is 9.32 Å². The second-order valence-electron chi connectivity index (χ2n) is 7.12. The number of halogens is 2. The van der Waals surface area contributed by atoms with Gasteiger partial charge in [-0.05, 0) is 33.9 Å². The first-order valence-electron chi connectivity index (χ1n) is 9.65. The summed E-state index contributed by atoms with van der Waals surface area (Å²) in [6.07, 6.45) is 1.50. The summed E-state index contributed by atoms with van der Waals surface area (Å²) in [5.74, 6) is 1.49. The Hall–Kier alpha value is -1.67. The molecule has 1 atom stereocenters. The lowest BCUT2D eigenvalue weighted by molar-refractivity contribution is -0.133. The average molecular weight is 444 g/mol. The number of carbonyl (C=O) groups is 1. The van der Waals surface area contributed by atoms with Gasteiger partial charge in [0.05, 0.1) is 6.04 Å². The molecule has 1 N–H and O–H groups in total. The maximum absolute atomic E-state index is 12.2. The van der Waals surface area contributed by atoms with Crippen LogP contribution < -0.4 is 5.32 Å². The monoisotopic (exact) mass is 443 g/mol. The number of carbonyl (C=O) groups excluding carboxylic acids is 1. The van der Waals surface area contributed by atoms with Crippen LogP contribution in [0.4, 0.5) is 0 Å². The number of nitrogens with one attached hydrogen (secondary N) is 1. The van der Waals surface area contributed by atoms with Crippen LogP contribution in [0.2, 0.25) is 0 Å². The van der Waals surface area contributed by atoms with Gasteiger partial charge in [-0.3, -0.25) is 9.69 Å². The van der Waals surface area contributed by atoms with E-state index in [2.05, 4.69) is 34.2 Å². The van der Waals surface area contributed by atoms with Gasteiger partial charge < -0.3 is 14.7 Å². The molecule has 1 saturated heterocycles. The third kappa shape index (κ3) is 6.67. The highest BCUT2D eigenvalue weighted by Crippen LogP contribution is 2.23. The molecule has 29 heavy (non-hydrogen) atoms. The van der Waals surface area contributed by atoms with Gasteiger partial charge in [0.1, 0.15) is 0 Å². The van der Waals surface area contributed by atoms with Gasteiger partial charge in [-0.1, -0.05) is 35.0 Å². The normalized spacial score (nSPS) is 15.3. The third-order valence-electron chi connectivity index (χ3n) is 5.14. The number of aryl methyl sites for hydroxylation is 1. The molecule has 1 aromatic heterocycles. The van der Waals surface area contributed by atoms with Crippen molar-refractivity contribution in [2.45, 2.75) is 32.7 Å². The Labute approximate surface area is 185 Å². The summed E-state index contributed by atoms with van der Waals surface area (Å²) in [5, 5.41) is 7.21. The summed E-state index contributed by atoms with van der Waals surface area (Å²) in [4.78, 5) is 21.1. The molecule has 2 heterocycles. The number of hydrogen-bond acceptors (Lipinski definition) is 6. The Morgan fingerprint density at radius 3 is 2.45 bits per heavy atom. The van der Waals surface area contributed by atoms with Crippen molar-refractivity contribution in [2.75, 3.05) is 39.8 Å². The van der Waals surface area contributed by atoms with Crippen molar-refractivity contribution in [3.05, 3.63) is 35.7 Å². The zero-order chi connectivity index (χ0) is 19.2. The standard InChI is InChI=1S/C20H29N5O2.2ClH/c1-15-6-8-17(9-7-15)19-22-20(27-23-19)16(2)24-11-13-25(14-12-24)18(26)5-4-10-21-3;;/h6-9,16,21H,4-5,10-14H2,1-3H3;2*1H. The molecule has 1 unspecified atom stereocenters. The molecule has 9 heteroatoms. The fourth-order valence-electron chi connectivity index (χ4n) is 3.31. The highest BCUT2D eigenvalue weighted by Gasteiger charge is 2.27. The number of benzene rings is 1. The number of amides is 1. The highest BCUT2D eigenvalue weighted by atomic mass is 35.5. The predicted molar refractivity (Wildman–Crippen MR) is 119 cm³/mol. The Bertz CT molecular complexity index is 746. The lowest BCUT2D eigenvalue weighted by atomic mass is 10.1. The molecular formula is C20H31Cl2N5O2. The van der Waals surface area contributed by atoms with E-state index in [0.29, 0.717) is 18.1 Å². The molecule has 0 bridgehead atoms. The van der Waals surface area contributed by atoms with Crippen molar-refractivity contribution in [1.82, 2.24) is 25.3 Å². The Balaban J connectivity index is 0.00000210. The Morgan fingerprint density at radius 2 is 1.83 bits per heavy atom. The maximum Gasteiger partial charge on any atom is 0.244 e. The zero-order valence-electron chi connectivity index (χ0n) is 17.3. The van der Waals surface area contributed by atoms with E-state index in [0.717, 1.165) is 44.7 Å². The summed E-state index contributed by atoms with van der Waals surface area (Å²) in [7, 11) is 1.91. The van der Waals surface area contributed by atoms with Crippen LogP contribution in [-0.2, 0) is 4.79 Å². The van der Waals surface area contributed by atoms with Crippen LogP contribution in [-0.4, -0.2) is 65.6 Å². The molecule has 162 valence electrons. The first-order chi connectivity index (χ1) is 13.1. The first kappa shape index (κ1) is 25.4. The first-order valence-corrected chi connectivity index (χ1v) is 9.65. The largest absolute Gasteiger partial charge is 0.340 e. The second kappa shape index (κ2) is 12.1. The summed E-state index contributed by atoms with van der Waals surface area (Å²) in [6, 6.07) is 8.14. The number of piperazine rings is 1. The van der Waals surface area contributed by atoms with Crippen molar-refractivity contribution >= 4 is 30.7 Å². The van der Waals surface area contributed by atoms with E-state index in [1.807, 2.05) is 36.2 Å². The molecule has 2 aromatic rings. The van der Waals surface area contributed by atoms with Crippen molar-refractivity contribution in [2.24, 2.45) is 0 Å². The van der Waals surface area contributed by atoms with Gasteiger partial charge >= 0.3 is 0 Å².